The minimum absolute atomic E-state index is 0.187. The molecule has 0 spiro atoms. The van der Waals surface area contributed by atoms with Crippen LogP contribution in [-0.4, -0.2) is 16.4 Å². The first-order valence-corrected chi connectivity index (χ1v) is 7.89. The Morgan fingerprint density at radius 2 is 1.58 bits per heavy atom. The maximum atomic E-state index is 12.6. The number of hydrogen-bond acceptors (Lipinski definition) is 2. The molecule has 19 heavy (non-hydrogen) atoms. The van der Waals surface area contributed by atoms with Crippen molar-refractivity contribution in [1.82, 2.24) is 5.32 Å². The number of nitrogens with two attached hydrogens (primary N) is 1. The van der Waals surface area contributed by atoms with Gasteiger partial charge in [0.1, 0.15) is 0 Å². The monoisotopic (exact) mass is 280 g/mol. The highest BCUT2D eigenvalue weighted by Crippen LogP contribution is 2.56. The largest absolute Gasteiger partial charge is 0.391 e. The van der Waals surface area contributed by atoms with E-state index < -0.39 is 5.54 Å². The van der Waals surface area contributed by atoms with Gasteiger partial charge in [0, 0.05) is 5.92 Å². The standard InChI is InChI=1S/C15H24N2OS/c1-15(2,14(16)19)17-13(18)12-10-4-8-3-9(6-10)7-11(12)5-8/h8-12H,3-7H2,1-2H3,(H2,16,19)(H,17,18). The van der Waals surface area contributed by atoms with Gasteiger partial charge in [-0.05, 0) is 69.6 Å². The fraction of sp³-hybridized carbons (Fsp3) is 0.867. The first-order chi connectivity index (χ1) is 8.87. The van der Waals surface area contributed by atoms with Crippen molar-refractivity contribution in [1.29, 1.82) is 0 Å². The average Bonchev–Trinajstić information content (AvgIpc) is 2.26. The molecule has 3 N–H and O–H groups in total. The SMILES string of the molecule is CC(C)(NC(=O)C1C2CC3CC(C2)CC1C3)C(N)=S. The third-order valence-corrected chi connectivity index (χ3v) is 6.09. The molecule has 0 radical (unpaired) electrons. The Morgan fingerprint density at radius 1 is 1.11 bits per heavy atom. The first kappa shape index (κ1) is 13.3. The molecule has 0 heterocycles. The van der Waals surface area contributed by atoms with Crippen LogP contribution in [0.5, 0.6) is 0 Å². The summed E-state index contributed by atoms with van der Waals surface area (Å²) < 4.78 is 0. The Bertz CT molecular complexity index is 390. The number of hydrogen-bond donors (Lipinski definition) is 2. The summed E-state index contributed by atoms with van der Waals surface area (Å²) in [6.07, 6.45) is 6.47. The zero-order valence-electron chi connectivity index (χ0n) is 11.8. The highest BCUT2D eigenvalue weighted by Gasteiger charge is 2.51. The van der Waals surface area contributed by atoms with E-state index in [9.17, 15) is 4.79 Å². The number of carbonyl (C=O) groups excluding carboxylic acids is 1. The quantitative estimate of drug-likeness (QED) is 0.780. The van der Waals surface area contributed by atoms with Crippen molar-refractivity contribution < 1.29 is 4.79 Å². The van der Waals surface area contributed by atoms with Crippen molar-refractivity contribution in [2.45, 2.75) is 51.5 Å². The molecule has 0 aromatic heterocycles. The predicted octanol–water partition coefficient (Wildman–Crippen LogP) is 2.24. The summed E-state index contributed by atoms with van der Waals surface area (Å²) in [4.78, 5) is 13.0. The molecule has 106 valence electrons. The van der Waals surface area contributed by atoms with Gasteiger partial charge >= 0.3 is 0 Å². The van der Waals surface area contributed by atoms with E-state index in [2.05, 4.69) is 5.32 Å². The Kier molecular flexibility index (Phi) is 3.12. The van der Waals surface area contributed by atoms with E-state index in [1.54, 1.807) is 0 Å². The van der Waals surface area contributed by atoms with Crippen LogP contribution >= 0.6 is 12.2 Å². The summed E-state index contributed by atoms with van der Waals surface area (Å²) >= 11 is 5.04. The molecule has 4 aliphatic carbocycles. The summed E-state index contributed by atoms with van der Waals surface area (Å²) in [5.74, 6) is 3.41. The van der Waals surface area contributed by atoms with Crippen LogP contribution in [0.3, 0.4) is 0 Å². The van der Waals surface area contributed by atoms with Crippen LogP contribution in [0.4, 0.5) is 0 Å². The summed E-state index contributed by atoms with van der Waals surface area (Å²) in [5.41, 5.74) is 5.14. The van der Waals surface area contributed by atoms with E-state index in [0.29, 0.717) is 16.8 Å². The summed E-state index contributed by atoms with van der Waals surface area (Å²) in [7, 11) is 0. The maximum Gasteiger partial charge on any atom is 0.224 e. The molecule has 0 aliphatic heterocycles. The molecule has 0 aromatic rings. The molecule has 0 saturated heterocycles. The van der Waals surface area contributed by atoms with Gasteiger partial charge in [0.2, 0.25) is 5.91 Å². The van der Waals surface area contributed by atoms with Gasteiger partial charge in [0.05, 0.1) is 10.5 Å². The fourth-order valence-corrected chi connectivity index (χ4v) is 4.86. The van der Waals surface area contributed by atoms with Gasteiger partial charge < -0.3 is 11.1 Å². The molecule has 3 nitrogen and oxygen atoms in total. The number of amides is 1. The van der Waals surface area contributed by atoms with Gasteiger partial charge in [-0.3, -0.25) is 4.79 Å². The van der Waals surface area contributed by atoms with Crippen molar-refractivity contribution in [2.75, 3.05) is 0 Å². The Hall–Kier alpha value is -0.640. The molecule has 4 aliphatic rings. The van der Waals surface area contributed by atoms with Crippen LogP contribution in [0.25, 0.3) is 0 Å². The lowest BCUT2D eigenvalue weighted by atomic mass is 9.51. The summed E-state index contributed by atoms with van der Waals surface area (Å²) in [6.45, 7) is 3.78. The van der Waals surface area contributed by atoms with E-state index in [-0.39, 0.29) is 11.8 Å². The molecule has 0 unspecified atom stereocenters. The molecular weight excluding hydrogens is 256 g/mol. The second-order valence-corrected chi connectivity index (χ2v) is 7.87. The fourth-order valence-electron chi connectivity index (χ4n) is 4.81. The van der Waals surface area contributed by atoms with Gasteiger partial charge in [-0.1, -0.05) is 12.2 Å². The molecule has 0 aromatic carbocycles. The minimum atomic E-state index is -0.568. The zero-order chi connectivity index (χ0) is 13.8. The molecular formula is C15H24N2OS. The highest BCUT2D eigenvalue weighted by atomic mass is 32.1. The lowest BCUT2D eigenvalue weighted by molar-refractivity contribution is -0.139. The van der Waals surface area contributed by atoms with E-state index in [4.69, 9.17) is 18.0 Å². The number of rotatable bonds is 3. The Balaban J connectivity index is 1.72. The van der Waals surface area contributed by atoms with Crippen LogP contribution < -0.4 is 11.1 Å². The molecule has 4 bridgehead atoms. The third-order valence-electron chi connectivity index (χ3n) is 5.58. The van der Waals surface area contributed by atoms with E-state index in [1.807, 2.05) is 13.8 Å². The van der Waals surface area contributed by atoms with Gasteiger partial charge in [-0.2, -0.15) is 0 Å². The van der Waals surface area contributed by atoms with Gasteiger partial charge in [-0.15, -0.1) is 0 Å². The van der Waals surface area contributed by atoms with Crippen molar-refractivity contribution in [3.8, 4) is 0 Å². The molecule has 4 saturated carbocycles. The predicted molar refractivity (Wildman–Crippen MR) is 79.5 cm³/mol. The van der Waals surface area contributed by atoms with Crippen LogP contribution in [-0.2, 0) is 4.79 Å². The average molecular weight is 280 g/mol. The van der Waals surface area contributed by atoms with Crippen molar-refractivity contribution >= 4 is 23.1 Å². The summed E-state index contributed by atoms with van der Waals surface area (Å²) in [6, 6.07) is 0. The minimum Gasteiger partial charge on any atom is -0.391 e. The number of thiocarbonyl (C=S) groups is 1. The van der Waals surface area contributed by atoms with Crippen LogP contribution in [0, 0.1) is 29.6 Å². The van der Waals surface area contributed by atoms with E-state index in [1.165, 1.54) is 32.1 Å². The zero-order valence-corrected chi connectivity index (χ0v) is 12.6. The molecule has 0 atom stereocenters. The van der Waals surface area contributed by atoms with E-state index in [0.717, 1.165) is 11.8 Å². The Morgan fingerprint density at radius 3 is 2.00 bits per heavy atom. The smallest absolute Gasteiger partial charge is 0.224 e. The van der Waals surface area contributed by atoms with E-state index >= 15 is 0 Å². The van der Waals surface area contributed by atoms with Gasteiger partial charge in [-0.25, -0.2) is 0 Å². The number of carbonyl (C=O) groups is 1. The molecule has 4 rings (SSSR count). The molecule has 4 heteroatoms. The van der Waals surface area contributed by atoms with Gasteiger partial charge in [0.25, 0.3) is 0 Å². The second kappa shape index (κ2) is 4.44. The summed E-state index contributed by atoms with van der Waals surface area (Å²) in [5, 5.41) is 3.08. The van der Waals surface area contributed by atoms with Crippen LogP contribution in [0.15, 0.2) is 0 Å². The van der Waals surface area contributed by atoms with Crippen molar-refractivity contribution in [3.63, 3.8) is 0 Å². The second-order valence-electron chi connectivity index (χ2n) is 7.44. The van der Waals surface area contributed by atoms with Crippen LogP contribution in [0.1, 0.15) is 46.0 Å². The number of nitrogens with one attached hydrogen (secondary N) is 1. The Labute approximate surface area is 120 Å². The highest BCUT2D eigenvalue weighted by molar-refractivity contribution is 7.80. The van der Waals surface area contributed by atoms with Crippen molar-refractivity contribution in [2.24, 2.45) is 35.3 Å². The normalized spacial score (nSPS) is 40.2. The lowest BCUT2D eigenvalue weighted by Crippen LogP contribution is -2.58. The molecule has 4 fully saturated rings. The van der Waals surface area contributed by atoms with Crippen molar-refractivity contribution in [3.05, 3.63) is 0 Å². The molecule has 1 amide bonds. The lowest BCUT2D eigenvalue weighted by Gasteiger charge is -2.54. The topological polar surface area (TPSA) is 55.1 Å². The maximum absolute atomic E-state index is 12.6. The van der Waals surface area contributed by atoms with Crippen LogP contribution in [0.2, 0.25) is 0 Å². The van der Waals surface area contributed by atoms with Gasteiger partial charge in [0.15, 0.2) is 0 Å². The first-order valence-electron chi connectivity index (χ1n) is 7.48. The third kappa shape index (κ3) is 2.28.